The highest BCUT2D eigenvalue weighted by molar-refractivity contribution is 7.80. The fourth-order valence-corrected chi connectivity index (χ4v) is 3.61. The lowest BCUT2D eigenvalue weighted by molar-refractivity contribution is 0.0487. The summed E-state index contributed by atoms with van der Waals surface area (Å²) in [4.78, 5) is 29.8. The van der Waals surface area contributed by atoms with Gasteiger partial charge in [-0.05, 0) is 6.92 Å². The van der Waals surface area contributed by atoms with Gasteiger partial charge in [-0.15, -0.1) is 0 Å². The summed E-state index contributed by atoms with van der Waals surface area (Å²) < 4.78 is 0. The van der Waals surface area contributed by atoms with E-state index in [0.29, 0.717) is 36.9 Å². The lowest BCUT2D eigenvalue weighted by Crippen LogP contribution is -2.58. The van der Waals surface area contributed by atoms with E-state index in [1.54, 1.807) is 14.7 Å². The molecule has 0 spiro atoms. The first-order chi connectivity index (χ1) is 9.52. The van der Waals surface area contributed by atoms with Crippen LogP contribution in [0.1, 0.15) is 6.92 Å². The molecule has 2 heterocycles. The van der Waals surface area contributed by atoms with Crippen molar-refractivity contribution in [2.24, 2.45) is 0 Å². The summed E-state index contributed by atoms with van der Waals surface area (Å²) in [7, 11) is 0. The number of carbonyl (C=O) groups excluding carboxylic acids is 2. The van der Waals surface area contributed by atoms with E-state index in [4.69, 9.17) is 0 Å². The summed E-state index contributed by atoms with van der Waals surface area (Å²) in [6.07, 6.45) is -0.352. The summed E-state index contributed by atoms with van der Waals surface area (Å²) in [5.41, 5.74) is -0.692. The van der Waals surface area contributed by atoms with Crippen LogP contribution in [0.15, 0.2) is 0 Å². The van der Waals surface area contributed by atoms with Crippen molar-refractivity contribution in [3.8, 4) is 0 Å². The average Bonchev–Trinajstić information content (AvgIpc) is 2.76. The Bertz CT molecular complexity index is 411. The monoisotopic (exact) mass is 336 g/mol. The molecule has 2 atom stereocenters. The highest BCUT2D eigenvalue weighted by Crippen LogP contribution is 2.38. The van der Waals surface area contributed by atoms with Gasteiger partial charge in [-0.3, -0.25) is 14.7 Å². The molecular weight excluding hydrogens is 316 g/mol. The SMILES string of the molecule is CC12C(NC(=O)N1CCS)N(CCS)C(=O)N2CCS. The quantitative estimate of drug-likeness (QED) is 0.537. The molecular formula is C11H20N4O2S3. The van der Waals surface area contributed by atoms with Crippen LogP contribution in [0.3, 0.4) is 0 Å². The largest absolute Gasteiger partial charge is 0.323 e. The molecule has 0 bridgehead atoms. The second kappa shape index (κ2) is 6.15. The van der Waals surface area contributed by atoms with Gasteiger partial charge in [0.05, 0.1) is 0 Å². The van der Waals surface area contributed by atoms with Gasteiger partial charge in [-0.2, -0.15) is 37.9 Å². The van der Waals surface area contributed by atoms with E-state index in [1.165, 1.54) is 0 Å². The molecule has 0 aromatic heterocycles. The van der Waals surface area contributed by atoms with Crippen molar-refractivity contribution in [2.75, 3.05) is 36.9 Å². The number of nitrogens with zero attached hydrogens (tertiary/aromatic N) is 3. The topological polar surface area (TPSA) is 55.9 Å². The molecule has 2 aliphatic heterocycles. The number of hydrogen-bond donors (Lipinski definition) is 4. The Morgan fingerprint density at radius 3 is 2.15 bits per heavy atom. The zero-order valence-corrected chi connectivity index (χ0v) is 14.0. The van der Waals surface area contributed by atoms with Crippen molar-refractivity contribution in [3.05, 3.63) is 0 Å². The summed E-state index contributed by atoms with van der Waals surface area (Å²) >= 11 is 12.6. The minimum atomic E-state index is -0.692. The highest BCUT2D eigenvalue weighted by Gasteiger charge is 2.62. The number of rotatable bonds is 6. The van der Waals surface area contributed by atoms with Gasteiger partial charge in [0, 0.05) is 36.9 Å². The predicted octanol–water partition coefficient (Wildman–Crippen LogP) is 0.581. The highest BCUT2D eigenvalue weighted by atomic mass is 32.1. The molecule has 4 amide bonds. The number of urea groups is 2. The maximum absolute atomic E-state index is 12.5. The van der Waals surface area contributed by atoms with Crippen molar-refractivity contribution in [3.63, 3.8) is 0 Å². The molecule has 20 heavy (non-hydrogen) atoms. The maximum Gasteiger partial charge on any atom is 0.323 e. The molecule has 0 aromatic rings. The average molecular weight is 337 g/mol. The Labute approximate surface area is 135 Å². The summed E-state index contributed by atoms with van der Waals surface area (Å²) in [6.45, 7) is 3.40. The predicted molar refractivity (Wildman–Crippen MR) is 87.8 cm³/mol. The minimum absolute atomic E-state index is 0.0789. The molecule has 6 nitrogen and oxygen atoms in total. The van der Waals surface area contributed by atoms with Crippen molar-refractivity contribution in [1.82, 2.24) is 20.0 Å². The van der Waals surface area contributed by atoms with Gasteiger partial charge in [-0.25, -0.2) is 9.59 Å². The normalized spacial score (nSPS) is 29.2. The van der Waals surface area contributed by atoms with Gasteiger partial charge < -0.3 is 5.32 Å². The second-order valence-corrected chi connectivity index (χ2v) is 6.24. The number of fused-ring (bicyclic) bond motifs is 1. The smallest absolute Gasteiger partial charge is 0.314 e. The van der Waals surface area contributed by atoms with Gasteiger partial charge in [0.1, 0.15) is 6.17 Å². The molecule has 0 aromatic carbocycles. The van der Waals surface area contributed by atoms with Crippen molar-refractivity contribution in [1.29, 1.82) is 0 Å². The zero-order valence-electron chi connectivity index (χ0n) is 11.3. The van der Waals surface area contributed by atoms with Crippen LogP contribution in [0, 0.1) is 0 Å². The van der Waals surface area contributed by atoms with Crippen molar-refractivity contribution >= 4 is 49.9 Å². The van der Waals surface area contributed by atoms with Gasteiger partial charge in [0.25, 0.3) is 0 Å². The minimum Gasteiger partial charge on any atom is -0.314 e. The first kappa shape index (κ1) is 16.0. The van der Waals surface area contributed by atoms with Crippen molar-refractivity contribution in [2.45, 2.75) is 18.8 Å². The first-order valence-electron chi connectivity index (χ1n) is 6.51. The molecule has 2 fully saturated rings. The van der Waals surface area contributed by atoms with Gasteiger partial charge >= 0.3 is 12.1 Å². The number of nitrogens with one attached hydrogen (secondary N) is 1. The number of amides is 4. The van der Waals surface area contributed by atoms with Gasteiger partial charge in [0.15, 0.2) is 5.66 Å². The first-order valence-corrected chi connectivity index (χ1v) is 8.41. The van der Waals surface area contributed by atoms with E-state index < -0.39 is 5.66 Å². The van der Waals surface area contributed by atoms with Crippen LogP contribution in [0.5, 0.6) is 0 Å². The van der Waals surface area contributed by atoms with E-state index in [1.807, 2.05) is 6.92 Å². The van der Waals surface area contributed by atoms with Crippen molar-refractivity contribution < 1.29 is 9.59 Å². The summed E-state index contributed by atoms with van der Waals surface area (Å²) in [5.74, 6) is 1.65. The van der Waals surface area contributed by atoms with Crippen LogP contribution in [-0.4, -0.2) is 75.5 Å². The Kier molecular flexibility index (Phi) is 4.91. The molecule has 0 saturated carbocycles. The number of carbonyl (C=O) groups is 2. The molecule has 2 unspecified atom stereocenters. The van der Waals surface area contributed by atoms with E-state index in [9.17, 15) is 9.59 Å². The molecule has 2 aliphatic rings. The molecule has 2 rings (SSSR count). The molecule has 2 saturated heterocycles. The lowest BCUT2D eigenvalue weighted by atomic mass is 10.1. The standard InChI is InChI=1S/C11H20N4O2S3/c1-11-8(12-9(16)14(11)3-6-19)13(2-5-18)10(17)15(11)4-7-20/h8,18-20H,2-7H2,1H3,(H,12,16). The lowest BCUT2D eigenvalue weighted by Gasteiger charge is -2.39. The van der Waals surface area contributed by atoms with Crippen LogP contribution in [0.2, 0.25) is 0 Å². The number of thiol groups is 3. The molecule has 9 heteroatoms. The Morgan fingerprint density at radius 2 is 1.60 bits per heavy atom. The molecule has 114 valence electrons. The van der Waals surface area contributed by atoms with Gasteiger partial charge in [-0.1, -0.05) is 0 Å². The van der Waals surface area contributed by atoms with Crippen LogP contribution in [-0.2, 0) is 0 Å². The third-order valence-electron chi connectivity index (χ3n) is 3.89. The second-order valence-electron chi connectivity index (χ2n) is 4.90. The van der Waals surface area contributed by atoms with Crippen LogP contribution >= 0.6 is 37.9 Å². The Morgan fingerprint density at radius 1 is 1.05 bits per heavy atom. The van der Waals surface area contributed by atoms with Crippen LogP contribution < -0.4 is 5.32 Å². The molecule has 0 radical (unpaired) electrons. The maximum atomic E-state index is 12.5. The number of hydrogen-bond acceptors (Lipinski definition) is 5. The Balaban J connectivity index is 2.37. The summed E-state index contributed by atoms with van der Waals surface area (Å²) in [6, 6.07) is -0.239. The van der Waals surface area contributed by atoms with E-state index >= 15 is 0 Å². The van der Waals surface area contributed by atoms with E-state index in [0.717, 1.165) is 0 Å². The molecule has 0 aliphatic carbocycles. The van der Waals surface area contributed by atoms with E-state index in [-0.39, 0.29) is 18.2 Å². The third-order valence-corrected chi connectivity index (χ3v) is 4.49. The molecule has 1 N–H and O–H groups in total. The van der Waals surface area contributed by atoms with Crippen LogP contribution in [0.25, 0.3) is 0 Å². The van der Waals surface area contributed by atoms with Crippen LogP contribution in [0.4, 0.5) is 9.59 Å². The van der Waals surface area contributed by atoms with Gasteiger partial charge in [0.2, 0.25) is 0 Å². The third kappa shape index (κ3) is 2.23. The van der Waals surface area contributed by atoms with E-state index in [2.05, 4.69) is 43.2 Å². The fourth-order valence-electron chi connectivity index (χ4n) is 2.99. The Hall–Kier alpha value is -0.410. The fraction of sp³-hybridized carbons (Fsp3) is 0.818. The summed E-state index contributed by atoms with van der Waals surface area (Å²) in [5, 5.41) is 2.90. The zero-order chi connectivity index (χ0) is 14.9.